The highest BCUT2D eigenvalue weighted by molar-refractivity contribution is 6.03. The number of hydrogen-bond donors (Lipinski definition) is 0. The Bertz CT molecular complexity index is 4340. The molecule has 12 rings (SSSR count). The highest BCUT2D eigenvalue weighted by atomic mass is 16.5. The van der Waals surface area contributed by atoms with Crippen LogP contribution in [-0.4, -0.2) is 0 Å². The molecule has 0 N–H and O–H groups in total. The van der Waals surface area contributed by atoms with Crippen LogP contribution in [0.3, 0.4) is 0 Å². The van der Waals surface area contributed by atoms with E-state index in [0.717, 1.165) is 39.2 Å². The average Bonchev–Trinajstić information content (AvgIpc) is 2.32. The Morgan fingerprint density at radius 2 is 1.02 bits per heavy atom. The molecule has 2 aliphatic rings. The van der Waals surface area contributed by atoms with Gasteiger partial charge in [0.1, 0.15) is 11.5 Å². The minimum absolute atomic E-state index is 0.149. The van der Waals surface area contributed by atoms with Crippen LogP contribution in [0.2, 0.25) is 0 Å². The van der Waals surface area contributed by atoms with Crippen molar-refractivity contribution in [1.29, 1.82) is 0 Å². The minimum Gasteiger partial charge on any atom is -0.456 e. The second-order valence-electron chi connectivity index (χ2n) is 16.0. The van der Waals surface area contributed by atoms with Crippen LogP contribution in [0.5, 0.6) is 11.5 Å². The van der Waals surface area contributed by atoms with Crippen LogP contribution in [-0.2, 0) is 5.41 Å². The Labute approximate surface area is 392 Å². The maximum absolute atomic E-state index is 10.1. The zero-order valence-electron chi connectivity index (χ0n) is 50.9. The molecule has 2 heteroatoms. The van der Waals surface area contributed by atoms with Gasteiger partial charge in [0.05, 0.1) is 23.3 Å². The van der Waals surface area contributed by atoms with Gasteiger partial charge in [0.15, 0.2) is 0 Å². The summed E-state index contributed by atoms with van der Waals surface area (Å²) in [6, 6.07) is 27.1. The first-order valence-corrected chi connectivity index (χ1v) is 20.4. The van der Waals surface area contributed by atoms with E-state index < -0.39 is 158 Å². The molecule has 1 heterocycles. The third-order valence-electron chi connectivity index (χ3n) is 12.0. The third-order valence-corrected chi connectivity index (χ3v) is 12.0. The number of benzene rings is 10. The van der Waals surface area contributed by atoms with Crippen molar-refractivity contribution in [1.82, 2.24) is 0 Å². The Balaban J connectivity index is 1.11. The van der Waals surface area contributed by atoms with E-state index in [2.05, 4.69) is 49.1 Å². The molecule has 0 bridgehead atoms. The Kier molecular flexibility index (Phi) is 5.41. The van der Waals surface area contributed by atoms with Crippen molar-refractivity contribution < 1.29 is 28.0 Å². The summed E-state index contributed by atoms with van der Waals surface area (Å²) >= 11 is 0. The molecule has 2 nitrogen and oxygen atoms in total. The standard InChI is InChI=1S/C61H43NO/c1-61(2)56-23-12-11-20-51(56)52-34-33-49(39-57(52)61)62(47-29-24-41(25-30-47)40-14-5-3-6-15-40)48-31-26-42(27-32-48)46-28-35-58-54(36-46)53-22-13-21-50(43-16-7-4-8-17-43)60(53)55-37-44-18-9-10-19-45(44)38-59(55)63-58/h3-39H,1-2H3/i4D,7D,8D,9D,10D,13D,16D,17D,18D,19D,21D,22D,28D,35D,36D,37D,38D. The van der Waals surface area contributed by atoms with Gasteiger partial charge in [-0.05, 0) is 133 Å². The summed E-state index contributed by atoms with van der Waals surface area (Å²) in [5.74, 6) is -1.25. The Morgan fingerprint density at radius 3 is 1.78 bits per heavy atom. The SMILES string of the molecule is [2H]c1c([2H])c([2H])c(-c2c([2H])c([2H])c([2H])c3c2-c2c(c([2H])c4c([2H])c([2H])c([2H])c([2H])c4c2[2H])Oc2c([2H])c([2H])c(-c4ccc(N(c5ccc(-c6ccccc6)cc5)c5ccc6c(c5)C(C)(C)c5ccccc5-6)cc4)c([2H])c2-3)c([2H])c1[2H]. The van der Waals surface area contributed by atoms with Crippen molar-refractivity contribution in [3.63, 3.8) is 0 Å². The first-order chi connectivity index (χ1) is 38.1. The smallest absolute Gasteiger partial charge is 0.135 e. The van der Waals surface area contributed by atoms with E-state index in [0.29, 0.717) is 5.69 Å². The molecule has 298 valence electrons. The lowest BCUT2D eigenvalue weighted by atomic mass is 9.82. The summed E-state index contributed by atoms with van der Waals surface area (Å²) in [4.78, 5) is 2.09. The topological polar surface area (TPSA) is 12.5 Å². The second kappa shape index (κ2) is 14.6. The largest absolute Gasteiger partial charge is 0.456 e. The number of rotatable bonds is 6. The fourth-order valence-corrected chi connectivity index (χ4v) is 8.90. The lowest BCUT2D eigenvalue weighted by Gasteiger charge is -2.28. The van der Waals surface area contributed by atoms with Gasteiger partial charge in [0.2, 0.25) is 0 Å². The van der Waals surface area contributed by atoms with E-state index in [1.165, 1.54) is 5.56 Å². The van der Waals surface area contributed by atoms with E-state index in [-0.39, 0.29) is 16.5 Å². The summed E-state index contributed by atoms with van der Waals surface area (Å²) in [5, 5.41) is -0.965. The molecule has 1 aliphatic carbocycles. The van der Waals surface area contributed by atoms with Crippen LogP contribution < -0.4 is 9.64 Å². The highest BCUT2D eigenvalue weighted by Crippen LogP contribution is 2.53. The molecule has 63 heavy (non-hydrogen) atoms. The lowest BCUT2D eigenvalue weighted by Crippen LogP contribution is -2.16. The summed E-state index contributed by atoms with van der Waals surface area (Å²) in [5.41, 5.74) is 5.67. The summed E-state index contributed by atoms with van der Waals surface area (Å²) in [6.45, 7) is 4.41. The fourth-order valence-electron chi connectivity index (χ4n) is 8.90. The van der Waals surface area contributed by atoms with Crippen LogP contribution in [0.25, 0.3) is 77.5 Å². The van der Waals surface area contributed by atoms with Gasteiger partial charge in [-0.2, -0.15) is 0 Å². The summed E-state index contributed by atoms with van der Waals surface area (Å²) in [6.07, 6.45) is 0. The molecule has 0 aromatic heterocycles. The number of hydrogen-bond acceptors (Lipinski definition) is 2. The Morgan fingerprint density at radius 1 is 0.397 bits per heavy atom. The number of nitrogens with zero attached hydrogens (tertiary/aromatic N) is 1. The van der Waals surface area contributed by atoms with Gasteiger partial charge in [0, 0.05) is 39.2 Å². The van der Waals surface area contributed by atoms with Crippen molar-refractivity contribution in [3.8, 4) is 78.3 Å². The molecule has 0 radical (unpaired) electrons. The first-order valence-electron chi connectivity index (χ1n) is 28.9. The van der Waals surface area contributed by atoms with Crippen molar-refractivity contribution in [2.75, 3.05) is 4.90 Å². The molecule has 0 spiro atoms. The number of anilines is 3. The quantitative estimate of drug-likeness (QED) is 0.166. The molecular formula is C61H43NO. The van der Waals surface area contributed by atoms with E-state index in [1.807, 2.05) is 78.9 Å². The normalized spacial score (nSPS) is 16.6. The maximum atomic E-state index is 10.1. The number of fused-ring (bicyclic) bond motifs is 9. The average molecular weight is 823 g/mol. The predicted molar refractivity (Wildman–Crippen MR) is 263 cm³/mol. The van der Waals surface area contributed by atoms with Gasteiger partial charge in [-0.15, -0.1) is 0 Å². The molecule has 10 aromatic carbocycles. The summed E-state index contributed by atoms with van der Waals surface area (Å²) < 4.78 is 162. The van der Waals surface area contributed by atoms with Crippen molar-refractivity contribution in [2.45, 2.75) is 19.3 Å². The second-order valence-corrected chi connectivity index (χ2v) is 16.0. The minimum atomic E-state index is -0.845. The van der Waals surface area contributed by atoms with Crippen LogP contribution in [0, 0.1) is 0 Å². The van der Waals surface area contributed by atoms with Crippen molar-refractivity contribution >= 4 is 27.8 Å². The monoisotopic (exact) mass is 822 g/mol. The molecule has 0 amide bonds. The third kappa shape index (κ3) is 6.17. The highest BCUT2D eigenvalue weighted by Gasteiger charge is 2.36. The fraction of sp³-hybridized carbons (Fsp3) is 0.0492. The maximum Gasteiger partial charge on any atom is 0.135 e. The van der Waals surface area contributed by atoms with Crippen LogP contribution in [0.15, 0.2) is 224 Å². The molecule has 0 unspecified atom stereocenters. The van der Waals surface area contributed by atoms with E-state index in [1.54, 1.807) is 12.1 Å². The van der Waals surface area contributed by atoms with Crippen LogP contribution in [0.4, 0.5) is 17.1 Å². The predicted octanol–water partition coefficient (Wildman–Crippen LogP) is 17.1. The van der Waals surface area contributed by atoms with Crippen LogP contribution in [0.1, 0.15) is 48.3 Å². The van der Waals surface area contributed by atoms with Gasteiger partial charge in [0.25, 0.3) is 0 Å². The molecule has 1 aliphatic heterocycles. The molecule has 0 fully saturated rings. The van der Waals surface area contributed by atoms with Gasteiger partial charge < -0.3 is 9.64 Å². The summed E-state index contributed by atoms with van der Waals surface area (Å²) in [7, 11) is 0. The van der Waals surface area contributed by atoms with E-state index in [4.69, 9.17) is 17.1 Å². The van der Waals surface area contributed by atoms with Gasteiger partial charge >= 0.3 is 0 Å². The Hall–Kier alpha value is -7.94. The van der Waals surface area contributed by atoms with Gasteiger partial charge in [-0.1, -0.05) is 177 Å². The first kappa shape index (κ1) is 23.3. The molecule has 0 saturated heterocycles. The van der Waals surface area contributed by atoms with Gasteiger partial charge in [-0.3, -0.25) is 0 Å². The lowest BCUT2D eigenvalue weighted by molar-refractivity contribution is 0.488. The molecule has 0 saturated carbocycles. The van der Waals surface area contributed by atoms with Crippen molar-refractivity contribution in [2.24, 2.45) is 0 Å². The van der Waals surface area contributed by atoms with E-state index >= 15 is 0 Å². The molecule has 0 atom stereocenters. The zero-order valence-corrected chi connectivity index (χ0v) is 33.9. The van der Waals surface area contributed by atoms with Crippen LogP contribution >= 0.6 is 0 Å². The number of ether oxygens (including phenoxy) is 1. The van der Waals surface area contributed by atoms with Gasteiger partial charge in [-0.25, -0.2) is 0 Å². The molecular weight excluding hydrogens is 763 g/mol. The van der Waals surface area contributed by atoms with Crippen molar-refractivity contribution in [3.05, 3.63) is 235 Å². The van der Waals surface area contributed by atoms with E-state index in [9.17, 15) is 11.0 Å². The molecule has 10 aromatic rings. The zero-order chi connectivity index (χ0) is 56.9.